The van der Waals surface area contributed by atoms with Crippen LogP contribution in [0.5, 0.6) is 0 Å². The third kappa shape index (κ3) is 9.00. The Bertz CT molecular complexity index is 3190. The van der Waals surface area contributed by atoms with E-state index < -0.39 is 0 Å². The molecule has 0 aliphatic heterocycles. The minimum atomic E-state index is 1.07. The largest absolute Gasteiger partial charge is 0.311 e. The van der Waals surface area contributed by atoms with Gasteiger partial charge in [-0.25, -0.2) is 0 Å². The van der Waals surface area contributed by atoms with Crippen LogP contribution in [-0.4, -0.2) is 0 Å². The minimum absolute atomic E-state index is 1.07. The molecule has 0 bridgehead atoms. The standard InChI is InChI=1S/C66H48N2/c1-6-16-49(17-7-1)54-26-36-61(37-27-54)67(62-38-28-55(29-39-62)50-18-8-2-9-19-50)63-44-34-58(35-45-63)60-46-59(53-24-14-5-15-25-53)47-66(48-60)68(64-40-30-56(31-41-64)51-20-10-3-11-21-51)65-42-32-57(33-43-65)52-22-12-4-13-23-52/h1-48H. The molecular weight excluding hydrogens is 821 g/mol. The van der Waals surface area contributed by atoms with Crippen LogP contribution in [0, 0.1) is 0 Å². The summed E-state index contributed by atoms with van der Waals surface area (Å²) in [5.41, 5.74) is 20.6. The third-order valence-corrected chi connectivity index (χ3v) is 12.7. The summed E-state index contributed by atoms with van der Waals surface area (Å²) in [6.45, 7) is 0. The van der Waals surface area contributed by atoms with E-state index in [-0.39, 0.29) is 0 Å². The SMILES string of the molecule is c1ccc(-c2ccc(N(c3ccc(-c4ccccc4)cc3)c3ccc(-c4cc(-c5ccccc5)cc(N(c5ccc(-c6ccccc6)cc5)c5ccc(-c6ccccc6)cc5)c4)cc3)cc2)cc1. The van der Waals surface area contributed by atoms with Gasteiger partial charge in [0.25, 0.3) is 0 Å². The predicted molar refractivity (Wildman–Crippen MR) is 288 cm³/mol. The highest BCUT2D eigenvalue weighted by atomic mass is 15.1. The summed E-state index contributed by atoms with van der Waals surface area (Å²) in [7, 11) is 0. The molecule has 11 aromatic rings. The van der Waals surface area contributed by atoms with Gasteiger partial charge in [-0.1, -0.05) is 212 Å². The van der Waals surface area contributed by atoms with Gasteiger partial charge in [-0.05, 0) is 146 Å². The van der Waals surface area contributed by atoms with Crippen LogP contribution >= 0.6 is 0 Å². The lowest BCUT2D eigenvalue weighted by molar-refractivity contribution is 1.28. The summed E-state index contributed by atoms with van der Waals surface area (Å²) in [4.78, 5) is 4.73. The van der Waals surface area contributed by atoms with Crippen LogP contribution in [-0.2, 0) is 0 Å². The van der Waals surface area contributed by atoms with Crippen LogP contribution in [0.25, 0.3) is 66.8 Å². The molecule has 0 atom stereocenters. The van der Waals surface area contributed by atoms with Crippen LogP contribution < -0.4 is 9.80 Å². The third-order valence-electron chi connectivity index (χ3n) is 12.7. The van der Waals surface area contributed by atoms with Crippen LogP contribution in [0.4, 0.5) is 34.1 Å². The van der Waals surface area contributed by atoms with E-state index in [9.17, 15) is 0 Å². The number of nitrogens with zero attached hydrogens (tertiary/aromatic N) is 2. The molecule has 0 fully saturated rings. The first-order valence-electron chi connectivity index (χ1n) is 23.2. The summed E-state index contributed by atoms with van der Waals surface area (Å²) in [6, 6.07) is 105. The lowest BCUT2D eigenvalue weighted by atomic mass is 9.96. The predicted octanol–water partition coefficient (Wildman–Crippen LogP) is 18.6. The molecule has 0 amide bonds. The zero-order valence-corrected chi connectivity index (χ0v) is 37.6. The lowest BCUT2D eigenvalue weighted by Crippen LogP contribution is -2.10. The lowest BCUT2D eigenvalue weighted by Gasteiger charge is -2.28. The Morgan fingerprint density at radius 1 is 0.132 bits per heavy atom. The average Bonchev–Trinajstić information content (AvgIpc) is 3.43. The van der Waals surface area contributed by atoms with Crippen molar-refractivity contribution in [2.24, 2.45) is 0 Å². The van der Waals surface area contributed by atoms with Gasteiger partial charge in [0.05, 0.1) is 0 Å². The van der Waals surface area contributed by atoms with Gasteiger partial charge in [0.2, 0.25) is 0 Å². The van der Waals surface area contributed by atoms with Gasteiger partial charge in [-0.15, -0.1) is 0 Å². The molecule has 68 heavy (non-hydrogen) atoms. The van der Waals surface area contributed by atoms with Crippen molar-refractivity contribution < 1.29 is 0 Å². The smallest absolute Gasteiger partial charge is 0.0473 e. The maximum atomic E-state index is 2.38. The number of benzene rings is 11. The van der Waals surface area contributed by atoms with Crippen LogP contribution in [0.3, 0.4) is 0 Å². The van der Waals surface area contributed by atoms with E-state index in [4.69, 9.17) is 0 Å². The molecule has 0 aromatic heterocycles. The van der Waals surface area contributed by atoms with Crippen molar-refractivity contribution in [3.8, 4) is 66.8 Å². The van der Waals surface area contributed by atoms with Gasteiger partial charge in [0, 0.05) is 34.1 Å². The monoisotopic (exact) mass is 868 g/mol. The quantitative estimate of drug-likeness (QED) is 0.121. The zero-order valence-electron chi connectivity index (χ0n) is 37.6. The minimum Gasteiger partial charge on any atom is -0.311 e. The average molecular weight is 869 g/mol. The number of rotatable bonds is 12. The van der Waals surface area contributed by atoms with Crippen molar-refractivity contribution in [1.29, 1.82) is 0 Å². The van der Waals surface area contributed by atoms with Crippen molar-refractivity contribution in [3.05, 3.63) is 291 Å². The molecule has 0 aliphatic carbocycles. The summed E-state index contributed by atoms with van der Waals surface area (Å²) in [6.07, 6.45) is 0. The molecule has 0 unspecified atom stereocenters. The Labute approximate surface area is 400 Å². The van der Waals surface area contributed by atoms with E-state index in [1.54, 1.807) is 0 Å². The molecular formula is C66H48N2. The van der Waals surface area contributed by atoms with Gasteiger partial charge in [0.15, 0.2) is 0 Å². The van der Waals surface area contributed by atoms with Crippen molar-refractivity contribution in [1.82, 2.24) is 0 Å². The topological polar surface area (TPSA) is 6.48 Å². The molecule has 0 N–H and O–H groups in total. The van der Waals surface area contributed by atoms with Gasteiger partial charge in [-0.2, -0.15) is 0 Å². The van der Waals surface area contributed by atoms with E-state index in [0.717, 1.165) is 56.4 Å². The van der Waals surface area contributed by atoms with Gasteiger partial charge in [0.1, 0.15) is 0 Å². The second-order valence-electron chi connectivity index (χ2n) is 17.0. The van der Waals surface area contributed by atoms with Crippen molar-refractivity contribution in [3.63, 3.8) is 0 Å². The Kier molecular flexibility index (Phi) is 11.8. The first-order valence-corrected chi connectivity index (χ1v) is 23.2. The molecule has 2 nitrogen and oxygen atoms in total. The van der Waals surface area contributed by atoms with E-state index in [1.165, 1.54) is 44.5 Å². The molecule has 0 aliphatic rings. The Morgan fingerprint density at radius 3 is 0.544 bits per heavy atom. The summed E-state index contributed by atoms with van der Waals surface area (Å²) < 4.78 is 0. The molecule has 11 rings (SSSR count). The van der Waals surface area contributed by atoms with Gasteiger partial charge >= 0.3 is 0 Å². The summed E-state index contributed by atoms with van der Waals surface area (Å²) in [5, 5.41) is 0. The van der Waals surface area contributed by atoms with Crippen LogP contribution in [0.2, 0.25) is 0 Å². The molecule has 0 saturated carbocycles. The van der Waals surface area contributed by atoms with Crippen molar-refractivity contribution >= 4 is 34.1 Å². The molecule has 2 heteroatoms. The highest BCUT2D eigenvalue weighted by Crippen LogP contribution is 2.42. The maximum Gasteiger partial charge on any atom is 0.0473 e. The molecule has 0 radical (unpaired) electrons. The second-order valence-corrected chi connectivity index (χ2v) is 17.0. The van der Waals surface area contributed by atoms with E-state index in [1.807, 2.05) is 0 Å². The fourth-order valence-corrected chi connectivity index (χ4v) is 9.14. The molecule has 0 spiro atoms. The van der Waals surface area contributed by atoms with E-state index in [2.05, 4.69) is 301 Å². The molecule has 11 aromatic carbocycles. The Balaban J connectivity index is 1.00. The number of hydrogen-bond donors (Lipinski definition) is 0. The number of hydrogen-bond acceptors (Lipinski definition) is 2. The molecule has 322 valence electrons. The van der Waals surface area contributed by atoms with Gasteiger partial charge in [-0.3, -0.25) is 0 Å². The number of anilines is 6. The molecule has 0 saturated heterocycles. The fraction of sp³-hybridized carbons (Fsp3) is 0. The normalized spacial score (nSPS) is 10.9. The summed E-state index contributed by atoms with van der Waals surface area (Å²) >= 11 is 0. The Hall–Kier alpha value is -8.98. The fourth-order valence-electron chi connectivity index (χ4n) is 9.14. The Morgan fingerprint density at radius 2 is 0.309 bits per heavy atom. The highest BCUT2D eigenvalue weighted by Gasteiger charge is 2.18. The van der Waals surface area contributed by atoms with Gasteiger partial charge < -0.3 is 9.80 Å². The molecule has 0 heterocycles. The summed E-state index contributed by atoms with van der Waals surface area (Å²) in [5.74, 6) is 0. The van der Waals surface area contributed by atoms with Crippen LogP contribution in [0.1, 0.15) is 0 Å². The van der Waals surface area contributed by atoms with Crippen LogP contribution in [0.15, 0.2) is 291 Å². The first-order chi connectivity index (χ1) is 33.7. The second kappa shape index (κ2) is 19.2. The van der Waals surface area contributed by atoms with E-state index >= 15 is 0 Å². The van der Waals surface area contributed by atoms with Crippen molar-refractivity contribution in [2.45, 2.75) is 0 Å². The first kappa shape index (κ1) is 41.7. The highest BCUT2D eigenvalue weighted by molar-refractivity contribution is 5.87. The van der Waals surface area contributed by atoms with E-state index in [0.29, 0.717) is 0 Å². The maximum absolute atomic E-state index is 2.38. The zero-order chi connectivity index (χ0) is 45.5. The van der Waals surface area contributed by atoms with Crippen molar-refractivity contribution in [2.75, 3.05) is 9.80 Å².